The summed E-state index contributed by atoms with van der Waals surface area (Å²) in [6.07, 6.45) is 6.81. The van der Waals surface area contributed by atoms with E-state index < -0.39 is 0 Å². The number of aromatic amines is 1. The maximum absolute atomic E-state index is 12.4. The Morgan fingerprint density at radius 1 is 1.26 bits per heavy atom. The van der Waals surface area contributed by atoms with E-state index in [1.165, 1.54) is 41.4 Å². The molecule has 2 N–H and O–H groups in total. The summed E-state index contributed by atoms with van der Waals surface area (Å²) >= 11 is 0. The Labute approximate surface area is 138 Å². The maximum Gasteiger partial charge on any atom is 0.317 e. The van der Waals surface area contributed by atoms with E-state index in [9.17, 15) is 4.79 Å². The predicted molar refractivity (Wildman–Crippen MR) is 94.6 cm³/mol. The van der Waals surface area contributed by atoms with Crippen LogP contribution >= 0.6 is 0 Å². The van der Waals surface area contributed by atoms with E-state index in [-0.39, 0.29) is 6.03 Å². The van der Waals surface area contributed by atoms with Crippen LogP contribution in [0.25, 0.3) is 10.9 Å². The van der Waals surface area contributed by atoms with E-state index >= 15 is 0 Å². The van der Waals surface area contributed by atoms with Gasteiger partial charge >= 0.3 is 6.03 Å². The van der Waals surface area contributed by atoms with Crippen molar-refractivity contribution in [3.05, 3.63) is 35.5 Å². The Kier molecular flexibility index (Phi) is 5.21. The fraction of sp³-hybridized carbons (Fsp3) is 0.526. The average Bonchev–Trinajstić information content (AvgIpc) is 2.77. The smallest absolute Gasteiger partial charge is 0.317 e. The third-order valence-electron chi connectivity index (χ3n) is 4.70. The number of urea groups is 1. The van der Waals surface area contributed by atoms with Gasteiger partial charge in [0.1, 0.15) is 0 Å². The molecule has 1 aromatic heterocycles. The van der Waals surface area contributed by atoms with Crippen molar-refractivity contribution in [2.45, 2.75) is 52.0 Å². The molecular weight excluding hydrogens is 286 g/mol. The van der Waals surface area contributed by atoms with Gasteiger partial charge in [-0.3, -0.25) is 0 Å². The molecule has 23 heavy (non-hydrogen) atoms. The van der Waals surface area contributed by atoms with Gasteiger partial charge in [0, 0.05) is 29.7 Å². The number of amides is 2. The lowest BCUT2D eigenvalue weighted by atomic mass is 10.1. The monoisotopic (exact) mass is 313 g/mol. The molecule has 0 fully saturated rings. The van der Waals surface area contributed by atoms with Gasteiger partial charge in [-0.1, -0.05) is 44.4 Å². The molecule has 2 amide bonds. The summed E-state index contributed by atoms with van der Waals surface area (Å²) < 4.78 is 0. The zero-order chi connectivity index (χ0) is 16.1. The minimum Gasteiger partial charge on any atom is -0.357 e. The summed E-state index contributed by atoms with van der Waals surface area (Å²) in [4.78, 5) is 17.9. The van der Waals surface area contributed by atoms with Crippen molar-refractivity contribution in [3.8, 4) is 0 Å². The molecule has 1 aliphatic rings. The lowest BCUT2D eigenvalue weighted by Gasteiger charge is -2.21. The number of fused-ring (bicyclic) bond motifs is 3. The predicted octanol–water partition coefficient (Wildman–Crippen LogP) is 4.21. The molecule has 1 aliphatic heterocycles. The molecule has 2 heterocycles. The number of aromatic nitrogens is 1. The summed E-state index contributed by atoms with van der Waals surface area (Å²) in [6.45, 7) is 4.51. The molecule has 0 spiro atoms. The number of nitrogens with one attached hydrogen (secondary N) is 2. The summed E-state index contributed by atoms with van der Waals surface area (Å²) in [5.41, 5.74) is 3.77. The van der Waals surface area contributed by atoms with Crippen LogP contribution in [0.15, 0.2) is 24.3 Å². The normalized spacial score (nSPS) is 14.6. The molecule has 0 saturated carbocycles. The maximum atomic E-state index is 12.4. The lowest BCUT2D eigenvalue weighted by Crippen LogP contribution is -2.40. The summed E-state index contributed by atoms with van der Waals surface area (Å²) in [7, 11) is 0. The van der Waals surface area contributed by atoms with Crippen molar-refractivity contribution in [2.24, 2.45) is 0 Å². The van der Waals surface area contributed by atoms with E-state index in [2.05, 4.69) is 41.5 Å². The Bertz CT molecular complexity index is 662. The highest BCUT2D eigenvalue weighted by Crippen LogP contribution is 2.27. The van der Waals surface area contributed by atoms with E-state index in [1.807, 2.05) is 4.90 Å². The molecule has 124 valence electrons. The minimum atomic E-state index is 0.0769. The van der Waals surface area contributed by atoms with Crippen LogP contribution in [0, 0.1) is 0 Å². The molecule has 0 atom stereocenters. The van der Waals surface area contributed by atoms with Gasteiger partial charge in [0.25, 0.3) is 0 Å². The number of hydrogen-bond donors (Lipinski definition) is 2. The van der Waals surface area contributed by atoms with Crippen LogP contribution in [0.5, 0.6) is 0 Å². The number of para-hydroxylation sites is 1. The molecule has 3 rings (SSSR count). The average molecular weight is 313 g/mol. The van der Waals surface area contributed by atoms with E-state index in [0.29, 0.717) is 6.54 Å². The van der Waals surface area contributed by atoms with Gasteiger partial charge in [0.2, 0.25) is 0 Å². The van der Waals surface area contributed by atoms with Crippen molar-refractivity contribution in [1.82, 2.24) is 15.2 Å². The first-order valence-corrected chi connectivity index (χ1v) is 8.91. The van der Waals surface area contributed by atoms with Crippen molar-refractivity contribution < 1.29 is 4.79 Å². The second-order valence-corrected chi connectivity index (χ2v) is 6.45. The molecule has 0 saturated heterocycles. The summed E-state index contributed by atoms with van der Waals surface area (Å²) in [5.74, 6) is 0. The van der Waals surface area contributed by atoms with Crippen LogP contribution in [0.1, 0.15) is 50.3 Å². The van der Waals surface area contributed by atoms with Crippen LogP contribution < -0.4 is 5.32 Å². The van der Waals surface area contributed by atoms with Crippen molar-refractivity contribution >= 4 is 16.9 Å². The second-order valence-electron chi connectivity index (χ2n) is 6.45. The van der Waals surface area contributed by atoms with Gasteiger partial charge < -0.3 is 15.2 Å². The van der Waals surface area contributed by atoms with Gasteiger partial charge in [-0.2, -0.15) is 0 Å². The van der Waals surface area contributed by atoms with Crippen LogP contribution in [0.3, 0.4) is 0 Å². The van der Waals surface area contributed by atoms with Gasteiger partial charge in [0.05, 0.1) is 6.54 Å². The van der Waals surface area contributed by atoms with Crippen molar-refractivity contribution in [3.63, 3.8) is 0 Å². The Hall–Kier alpha value is -1.97. The van der Waals surface area contributed by atoms with Gasteiger partial charge in [0.15, 0.2) is 0 Å². The fourth-order valence-corrected chi connectivity index (χ4v) is 3.43. The number of carbonyl (C=O) groups excluding carboxylic acids is 1. The molecule has 4 nitrogen and oxygen atoms in total. The van der Waals surface area contributed by atoms with Crippen molar-refractivity contribution in [2.75, 3.05) is 13.1 Å². The molecule has 1 aromatic carbocycles. The quantitative estimate of drug-likeness (QED) is 0.798. The molecular formula is C19H27N3O. The van der Waals surface area contributed by atoms with Gasteiger partial charge in [-0.05, 0) is 30.9 Å². The first-order chi connectivity index (χ1) is 11.3. The highest BCUT2D eigenvalue weighted by atomic mass is 16.2. The standard InChI is InChI=1S/C19H27N3O/c1-2-3-4-7-12-20-19(23)22-13-8-10-16-15-9-5-6-11-17(15)21-18(16)14-22/h5-6,9,11,21H,2-4,7-8,10,12-14H2,1H3,(H,20,23). The number of nitrogens with zero attached hydrogens (tertiary/aromatic N) is 1. The number of carbonyl (C=O) groups is 1. The number of hydrogen-bond acceptors (Lipinski definition) is 1. The number of rotatable bonds is 5. The molecule has 0 aliphatic carbocycles. The number of unbranched alkanes of at least 4 members (excludes halogenated alkanes) is 3. The Balaban J connectivity index is 1.63. The van der Waals surface area contributed by atoms with Crippen molar-refractivity contribution in [1.29, 1.82) is 0 Å². The Morgan fingerprint density at radius 2 is 2.13 bits per heavy atom. The molecule has 4 heteroatoms. The zero-order valence-corrected chi connectivity index (χ0v) is 14.0. The van der Waals surface area contributed by atoms with Gasteiger partial charge in [-0.25, -0.2) is 4.79 Å². The van der Waals surface area contributed by atoms with Crippen LogP contribution in [0.4, 0.5) is 4.79 Å². The molecule has 2 aromatic rings. The highest BCUT2D eigenvalue weighted by Gasteiger charge is 2.21. The topological polar surface area (TPSA) is 48.1 Å². The number of aryl methyl sites for hydroxylation is 1. The number of benzene rings is 1. The first-order valence-electron chi connectivity index (χ1n) is 8.91. The third kappa shape index (κ3) is 3.69. The van der Waals surface area contributed by atoms with E-state index in [1.54, 1.807) is 0 Å². The molecule has 0 radical (unpaired) electrons. The zero-order valence-electron chi connectivity index (χ0n) is 14.0. The molecule has 0 unspecified atom stereocenters. The minimum absolute atomic E-state index is 0.0769. The second kappa shape index (κ2) is 7.53. The first kappa shape index (κ1) is 15.9. The van der Waals surface area contributed by atoms with Crippen LogP contribution in [0.2, 0.25) is 0 Å². The summed E-state index contributed by atoms with van der Waals surface area (Å²) in [5, 5.41) is 4.39. The lowest BCUT2D eigenvalue weighted by molar-refractivity contribution is 0.195. The van der Waals surface area contributed by atoms with E-state index in [4.69, 9.17) is 0 Å². The SMILES string of the molecule is CCCCCCNC(=O)N1CCCc2c([nH]c3ccccc23)C1. The van der Waals surface area contributed by atoms with Crippen LogP contribution in [-0.4, -0.2) is 29.0 Å². The van der Waals surface area contributed by atoms with Crippen LogP contribution in [-0.2, 0) is 13.0 Å². The molecule has 0 bridgehead atoms. The number of H-pyrrole nitrogens is 1. The summed E-state index contributed by atoms with van der Waals surface area (Å²) in [6, 6.07) is 8.50. The highest BCUT2D eigenvalue weighted by molar-refractivity contribution is 5.85. The third-order valence-corrected chi connectivity index (χ3v) is 4.70. The van der Waals surface area contributed by atoms with Gasteiger partial charge in [-0.15, -0.1) is 0 Å². The van der Waals surface area contributed by atoms with E-state index in [0.717, 1.165) is 32.4 Å². The largest absolute Gasteiger partial charge is 0.357 e. The Morgan fingerprint density at radius 3 is 3.00 bits per heavy atom. The fourth-order valence-electron chi connectivity index (χ4n) is 3.43.